The first kappa shape index (κ1) is 17.2. The maximum Gasteiger partial charge on any atom is 0.237 e. The highest BCUT2D eigenvalue weighted by atomic mass is 32.2. The first-order valence-electron chi connectivity index (χ1n) is 7.92. The van der Waals surface area contributed by atoms with Crippen molar-refractivity contribution in [2.75, 3.05) is 16.0 Å². The number of amides is 2. The molecule has 1 aromatic heterocycles. The van der Waals surface area contributed by atoms with Crippen molar-refractivity contribution in [3.8, 4) is 0 Å². The zero-order valence-electron chi connectivity index (χ0n) is 13.9. The molecule has 130 valence electrons. The van der Waals surface area contributed by atoms with E-state index in [4.69, 9.17) is 0 Å². The fraction of sp³-hybridized carbons (Fsp3) is 0.294. The van der Waals surface area contributed by atoms with Gasteiger partial charge in [-0.15, -0.1) is 16.8 Å². The molecular formula is C17H19N5O2S. The second kappa shape index (κ2) is 7.52. The molecular weight excluding hydrogens is 338 g/mol. The molecule has 0 aliphatic carbocycles. The number of aromatic nitrogens is 3. The number of nitrogens with one attached hydrogen (secondary N) is 1. The Morgan fingerprint density at radius 3 is 3.08 bits per heavy atom. The molecule has 0 radical (unpaired) electrons. The van der Waals surface area contributed by atoms with Crippen LogP contribution in [-0.2, 0) is 16.1 Å². The van der Waals surface area contributed by atoms with Gasteiger partial charge >= 0.3 is 0 Å². The number of benzene rings is 1. The zero-order valence-corrected chi connectivity index (χ0v) is 14.7. The van der Waals surface area contributed by atoms with Gasteiger partial charge in [-0.1, -0.05) is 30.0 Å². The van der Waals surface area contributed by atoms with Gasteiger partial charge in [0.25, 0.3) is 0 Å². The summed E-state index contributed by atoms with van der Waals surface area (Å²) in [7, 11) is 0. The van der Waals surface area contributed by atoms with Gasteiger partial charge in [0, 0.05) is 19.0 Å². The predicted molar refractivity (Wildman–Crippen MR) is 97.6 cm³/mol. The van der Waals surface area contributed by atoms with E-state index in [1.165, 1.54) is 11.8 Å². The van der Waals surface area contributed by atoms with Crippen molar-refractivity contribution in [2.24, 2.45) is 0 Å². The van der Waals surface area contributed by atoms with Gasteiger partial charge in [-0.3, -0.25) is 9.59 Å². The number of para-hydroxylation sites is 2. The van der Waals surface area contributed by atoms with Gasteiger partial charge in [0.2, 0.25) is 11.8 Å². The van der Waals surface area contributed by atoms with Crippen LogP contribution in [0.15, 0.2) is 48.4 Å². The Kier molecular flexibility index (Phi) is 5.18. The first-order valence-corrected chi connectivity index (χ1v) is 8.91. The number of hydrogen-bond donors (Lipinski definition) is 1. The van der Waals surface area contributed by atoms with Crippen molar-refractivity contribution >= 4 is 35.0 Å². The minimum absolute atomic E-state index is 0.0744. The monoisotopic (exact) mass is 357 g/mol. The number of nitrogens with zero attached hydrogens (tertiary/aromatic N) is 4. The molecule has 3 rings (SSSR count). The summed E-state index contributed by atoms with van der Waals surface area (Å²) >= 11 is 1.32. The van der Waals surface area contributed by atoms with E-state index < -0.39 is 0 Å². The molecule has 7 nitrogen and oxygen atoms in total. The van der Waals surface area contributed by atoms with Crippen LogP contribution in [0.5, 0.6) is 0 Å². The SMILES string of the molecule is C=CCn1cnnc1SCC(=O)N1c2ccccc2NC(=O)C[C@@H]1C. The lowest BCUT2D eigenvalue weighted by molar-refractivity contribution is -0.117. The Morgan fingerprint density at radius 2 is 2.28 bits per heavy atom. The Labute approximate surface area is 150 Å². The second-order valence-corrected chi connectivity index (χ2v) is 6.67. The standard InChI is InChI=1S/C17H19N5O2S/c1-3-8-21-11-18-20-17(21)25-10-16(24)22-12(2)9-15(23)19-13-6-4-5-7-14(13)22/h3-7,11-12H,1,8-10H2,2H3,(H,19,23)/t12-/m0/s1. The molecule has 1 aromatic carbocycles. The number of anilines is 2. The average Bonchev–Trinajstić information content (AvgIpc) is 2.96. The highest BCUT2D eigenvalue weighted by molar-refractivity contribution is 7.99. The molecule has 1 aliphatic heterocycles. The van der Waals surface area contributed by atoms with Crippen LogP contribution in [0.4, 0.5) is 11.4 Å². The summed E-state index contributed by atoms with van der Waals surface area (Å²) < 4.78 is 1.83. The van der Waals surface area contributed by atoms with Crippen LogP contribution >= 0.6 is 11.8 Å². The topological polar surface area (TPSA) is 80.1 Å². The Balaban J connectivity index is 1.79. The molecule has 2 aromatic rings. The molecule has 0 saturated carbocycles. The van der Waals surface area contributed by atoms with Gasteiger partial charge in [0.15, 0.2) is 5.16 Å². The molecule has 2 heterocycles. The largest absolute Gasteiger partial charge is 0.324 e. The van der Waals surface area contributed by atoms with Crippen molar-refractivity contribution < 1.29 is 9.59 Å². The van der Waals surface area contributed by atoms with E-state index in [2.05, 4.69) is 22.1 Å². The minimum Gasteiger partial charge on any atom is -0.324 e. The van der Waals surface area contributed by atoms with Crippen LogP contribution in [-0.4, -0.2) is 38.4 Å². The van der Waals surface area contributed by atoms with Crippen molar-refractivity contribution in [1.29, 1.82) is 0 Å². The Morgan fingerprint density at radius 1 is 1.48 bits per heavy atom. The van der Waals surface area contributed by atoms with Crippen LogP contribution in [0.3, 0.4) is 0 Å². The zero-order chi connectivity index (χ0) is 17.8. The molecule has 0 bridgehead atoms. The molecule has 1 aliphatic rings. The molecule has 1 N–H and O–H groups in total. The first-order chi connectivity index (χ1) is 12.1. The maximum atomic E-state index is 12.9. The van der Waals surface area contributed by atoms with E-state index >= 15 is 0 Å². The summed E-state index contributed by atoms with van der Waals surface area (Å²) in [5.41, 5.74) is 1.38. The average molecular weight is 357 g/mol. The van der Waals surface area contributed by atoms with E-state index in [-0.39, 0.29) is 30.0 Å². The van der Waals surface area contributed by atoms with Gasteiger partial charge in [0.05, 0.1) is 17.1 Å². The normalized spacial score (nSPS) is 16.8. The molecule has 0 fully saturated rings. The predicted octanol–water partition coefficient (Wildman–Crippen LogP) is 2.32. The van der Waals surface area contributed by atoms with E-state index in [1.54, 1.807) is 23.4 Å². The van der Waals surface area contributed by atoms with E-state index in [0.717, 1.165) is 5.69 Å². The Hall–Kier alpha value is -2.61. The van der Waals surface area contributed by atoms with E-state index in [9.17, 15) is 9.59 Å². The third-order valence-electron chi connectivity index (χ3n) is 3.86. The van der Waals surface area contributed by atoms with Crippen molar-refractivity contribution in [3.63, 3.8) is 0 Å². The highest BCUT2D eigenvalue weighted by Crippen LogP contribution is 2.32. The molecule has 2 amide bonds. The molecule has 1 atom stereocenters. The van der Waals surface area contributed by atoms with Crippen molar-refractivity contribution in [3.05, 3.63) is 43.2 Å². The second-order valence-electron chi connectivity index (χ2n) is 5.73. The summed E-state index contributed by atoms with van der Waals surface area (Å²) in [6.07, 6.45) is 3.62. The van der Waals surface area contributed by atoms with Gasteiger partial charge in [-0.2, -0.15) is 0 Å². The fourth-order valence-corrected chi connectivity index (χ4v) is 3.57. The number of thioether (sulfide) groups is 1. The number of hydrogen-bond acceptors (Lipinski definition) is 5. The van der Waals surface area contributed by atoms with Crippen LogP contribution < -0.4 is 10.2 Å². The molecule has 25 heavy (non-hydrogen) atoms. The maximum absolute atomic E-state index is 12.9. The number of carbonyl (C=O) groups is 2. The fourth-order valence-electron chi connectivity index (χ4n) is 2.78. The highest BCUT2D eigenvalue weighted by Gasteiger charge is 2.29. The van der Waals surface area contributed by atoms with Crippen molar-refractivity contribution in [1.82, 2.24) is 14.8 Å². The summed E-state index contributed by atoms with van der Waals surface area (Å²) in [5.74, 6) is 0.0473. The summed E-state index contributed by atoms with van der Waals surface area (Å²) in [6.45, 7) is 6.17. The third-order valence-corrected chi connectivity index (χ3v) is 4.82. The molecule has 8 heteroatoms. The lowest BCUT2D eigenvalue weighted by Crippen LogP contribution is -2.40. The van der Waals surface area contributed by atoms with Gasteiger partial charge in [-0.05, 0) is 19.1 Å². The van der Waals surface area contributed by atoms with Gasteiger partial charge in [0.1, 0.15) is 6.33 Å². The van der Waals surface area contributed by atoms with Crippen LogP contribution in [0.2, 0.25) is 0 Å². The molecule has 0 unspecified atom stereocenters. The van der Waals surface area contributed by atoms with Crippen LogP contribution in [0.25, 0.3) is 0 Å². The number of allylic oxidation sites excluding steroid dienone is 1. The number of fused-ring (bicyclic) bond motifs is 1. The van der Waals surface area contributed by atoms with Gasteiger partial charge < -0.3 is 14.8 Å². The van der Waals surface area contributed by atoms with Crippen LogP contribution in [0, 0.1) is 0 Å². The van der Waals surface area contributed by atoms with E-state index in [0.29, 0.717) is 17.4 Å². The van der Waals surface area contributed by atoms with Gasteiger partial charge in [-0.25, -0.2) is 0 Å². The van der Waals surface area contributed by atoms with Crippen molar-refractivity contribution in [2.45, 2.75) is 31.1 Å². The third kappa shape index (κ3) is 3.74. The van der Waals surface area contributed by atoms with E-state index in [1.807, 2.05) is 29.7 Å². The van der Waals surface area contributed by atoms with Crippen LogP contribution in [0.1, 0.15) is 13.3 Å². The minimum atomic E-state index is -0.220. The lowest BCUT2D eigenvalue weighted by Gasteiger charge is -2.27. The molecule has 0 saturated heterocycles. The quantitative estimate of drug-likeness (QED) is 0.656. The smallest absolute Gasteiger partial charge is 0.237 e. The summed E-state index contributed by atoms with van der Waals surface area (Å²) in [4.78, 5) is 26.6. The lowest BCUT2D eigenvalue weighted by atomic mass is 10.2. The Bertz CT molecular complexity index is 804. The summed E-state index contributed by atoms with van der Waals surface area (Å²) in [6, 6.07) is 7.13. The number of rotatable bonds is 5. The number of carbonyl (C=O) groups excluding carboxylic acids is 2. The summed E-state index contributed by atoms with van der Waals surface area (Å²) in [5, 5.41) is 11.4. The molecule has 0 spiro atoms.